The molecule has 0 bridgehead atoms. The summed E-state index contributed by atoms with van der Waals surface area (Å²) in [5, 5.41) is 0.898. The molecule has 3 heteroatoms. The lowest BCUT2D eigenvalue weighted by Crippen LogP contribution is -2.18. The van der Waals surface area contributed by atoms with E-state index in [1.165, 1.54) is 0 Å². The number of benzene rings is 1. The summed E-state index contributed by atoms with van der Waals surface area (Å²) >= 11 is 3.49. The van der Waals surface area contributed by atoms with Crippen LogP contribution in [0.4, 0.5) is 0 Å². The van der Waals surface area contributed by atoms with Gasteiger partial charge in [0.25, 0.3) is 0 Å². The van der Waals surface area contributed by atoms with E-state index in [0.29, 0.717) is 6.61 Å². The number of alkyl halides is 1. The van der Waals surface area contributed by atoms with Crippen molar-refractivity contribution >= 4 is 15.9 Å². The third kappa shape index (κ3) is 4.43. The summed E-state index contributed by atoms with van der Waals surface area (Å²) in [6, 6.07) is 7.62. The zero-order valence-electron chi connectivity index (χ0n) is 10.4. The first-order valence-electron chi connectivity index (χ1n) is 5.60. The SMILES string of the molecule is C=CC(C)(CBr)CCOc1ccc(OC)cc1. The molecule has 1 aromatic carbocycles. The second-order valence-electron chi connectivity index (χ2n) is 4.27. The predicted molar refractivity (Wildman–Crippen MR) is 75.2 cm³/mol. The van der Waals surface area contributed by atoms with E-state index in [4.69, 9.17) is 9.47 Å². The van der Waals surface area contributed by atoms with Crippen molar-refractivity contribution in [1.82, 2.24) is 0 Å². The van der Waals surface area contributed by atoms with E-state index in [-0.39, 0.29) is 5.41 Å². The Hall–Kier alpha value is -0.960. The first-order valence-corrected chi connectivity index (χ1v) is 6.72. The molecule has 0 aliphatic carbocycles. The molecule has 1 unspecified atom stereocenters. The summed E-state index contributed by atoms with van der Waals surface area (Å²) < 4.78 is 10.8. The quantitative estimate of drug-likeness (QED) is 0.558. The zero-order valence-corrected chi connectivity index (χ0v) is 12.0. The van der Waals surface area contributed by atoms with Gasteiger partial charge in [0.15, 0.2) is 0 Å². The van der Waals surface area contributed by atoms with Crippen LogP contribution in [0.25, 0.3) is 0 Å². The Morgan fingerprint density at radius 1 is 1.29 bits per heavy atom. The van der Waals surface area contributed by atoms with E-state index < -0.39 is 0 Å². The summed E-state index contributed by atoms with van der Waals surface area (Å²) in [4.78, 5) is 0. The lowest BCUT2D eigenvalue weighted by atomic mass is 9.90. The van der Waals surface area contributed by atoms with Crippen LogP contribution in [-0.4, -0.2) is 19.0 Å². The fourth-order valence-electron chi connectivity index (χ4n) is 1.30. The monoisotopic (exact) mass is 298 g/mol. The highest BCUT2D eigenvalue weighted by atomic mass is 79.9. The van der Waals surface area contributed by atoms with Crippen molar-refractivity contribution in [2.45, 2.75) is 13.3 Å². The molecular formula is C14H19BrO2. The van der Waals surface area contributed by atoms with Crippen molar-refractivity contribution in [2.24, 2.45) is 5.41 Å². The molecule has 0 amide bonds. The van der Waals surface area contributed by atoms with E-state index >= 15 is 0 Å². The van der Waals surface area contributed by atoms with Crippen molar-refractivity contribution in [2.75, 3.05) is 19.0 Å². The van der Waals surface area contributed by atoms with Crippen LogP contribution in [0.3, 0.4) is 0 Å². The standard InChI is InChI=1S/C14H19BrO2/c1-4-14(2,11-15)9-10-17-13-7-5-12(16-3)6-8-13/h4-8H,1,9-11H2,2-3H3. The van der Waals surface area contributed by atoms with E-state index in [2.05, 4.69) is 29.4 Å². The fraction of sp³-hybridized carbons (Fsp3) is 0.429. The van der Waals surface area contributed by atoms with Crippen LogP contribution in [0.5, 0.6) is 11.5 Å². The Kier molecular flexibility index (Phi) is 5.56. The molecule has 94 valence electrons. The van der Waals surface area contributed by atoms with Crippen LogP contribution in [0.1, 0.15) is 13.3 Å². The number of hydrogen-bond donors (Lipinski definition) is 0. The van der Waals surface area contributed by atoms with Gasteiger partial charge in [-0.05, 0) is 36.1 Å². The Bertz CT molecular complexity index is 348. The second kappa shape index (κ2) is 6.70. The van der Waals surface area contributed by atoms with E-state index in [1.807, 2.05) is 30.3 Å². The highest BCUT2D eigenvalue weighted by molar-refractivity contribution is 9.09. The van der Waals surface area contributed by atoms with Crippen LogP contribution < -0.4 is 9.47 Å². The molecule has 1 aromatic rings. The summed E-state index contributed by atoms with van der Waals surface area (Å²) in [6.07, 6.45) is 2.91. The average molecular weight is 299 g/mol. The molecule has 0 aliphatic rings. The molecule has 0 fully saturated rings. The molecule has 0 N–H and O–H groups in total. The summed E-state index contributed by atoms with van der Waals surface area (Å²) in [5.74, 6) is 1.71. The number of halogens is 1. The molecular weight excluding hydrogens is 280 g/mol. The molecule has 1 atom stereocenters. The molecule has 0 aromatic heterocycles. The van der Waals surface area contributed by atoms with Gasteiger partial charge in [0.05, 0.1) is 13.7 Å². The third-order valence-corrected chi connectivity index (χ3v) is 4.08. The van der Waals surface area contributed by atoms with Crippen LogP contribution >= 0.6 is 15.9 Å². The van der Waals surface area contributed by atoms with Gasteiger partial charge in [-0.2, -0.15) is 0 Å². The summed E-state index contributed by atoms with van der Waals surface area (Å²) in [7, 11) is 1.65. The van der Waals surface area contributed by atoms with Gasteiger partial charge in [-0.25, -0.2) is 0 Å². The minimum absolute atomic E-state index is 0.0898. The molecule has 0 heterocycles. The lowest BCUT2D eigenvalue weighted by molar-refractivity contribution is 0.263. The maximum atomic E-state index is 5.68. The third-order valence-electron chi connectivity index (χ3n) is 2.80. The van der Waals surface area contributed by atoms with Crippen LogP contribution in [-0.2, 0) is 0 Å². The van der Waals surface area contributed by atoms with E-state index in [1.54, 1.807) is 7.11 Å². The van der Waals surface area contributed by atoms with Gasteiger partial charge in [-0.15, -0.1) is 6.58 Å². The van der Waals surface area contributed by atoms with Crippen molar-refractivity contribution in [3.05, 3.63) is 36.9 Å². The van der Waals surface area contributed by atoms with Gasteiger partial charge < -0.3 is 9.47 Å². The van der Waals surface area contributed by atoms with E-state index in [0.717, 1.165) is 23.2 Å². The number of hydrogen-bond acceptors (Lipinski definition) is 2. The molecule has 0 saturated heterocycles. The lowest BCUT2D eigenvalue weighted by Gasteiger charge is -2.22. The normalized spacial score (nSPS) is 13.8. The molecule has 1 rings (SSSR count). The van der Waals surface area contributed by atoms with Gasteiger partial charge in [0, 0.05) is 5.33 Å². The van der Waals surface area contributed by atoms with Gasteiger partial charge >= 0.3 is 0 Å². The van der Waals surface area contributed by atoms with Crippen LogP contribution in [0, 0.1) is 5.41 Å². The summed E-state index contributed by atoms with van der Waals surface area (Å²) in [5.41, 5.74) is 0.0898. The van der Waals surface area contributed by atoms with Gasteiger partial charge in [0.1, 0.15) is 11.5 Å². The minimum atomic E-state index is 0.0898. The highest BCUT2D eigenvalue weighted by Crippen LogP contribution is 2.26. The molecule has 2 nitrogen and oxygen atoms in total. The first-order chi connectivity index (χ1) is 8.13. The maximum Gasteiger partial charge on any atom is 0.119 e. The predicted octanol–water partition coefficient (Wildman–Crippen LogP) is 4.05. The van der Waals surface area contributed by atoms with Crippen molar-refractivity contribution in [3.8, 4) is 11.5 Å². The zero-order chi connectivity index (χ0) is 12.7. The number of ether oxygens (including phenoxy) is 2. The number of methoxy groups -OCH3 is 1. The largest absolute Gasteiger partial charge is 0.497 e. The maximum absolute atomic E-state index is 5.68. The van der Waals surface area contributed by atoms with Crippen molar-refractivity contribution in [3.63, 3.8) is 0 Å². The Balaban J connectivity index is 2.42. The van der Waals surface area contributed by atoms with Crippen LogP contribution in [0.15, 0.2) is 36.9 Å². The van der Waals surface area contributed by atoms with Crippen LogP contribution in [0.2, 0.25) is 0 Å². The molecule has 0 spiro atoms. The second-order valence-corrected chi connectivity index (χ2v) is 4.83. The van der Waals surface area contributed by atoms with Gasteiger partial charge in [-0.3, -0.25) is 0 Å². The Morgan fingerprint density at radius 3 is 2.35 bits per heavy atom. The summed E-state index contributed by atoms with van der Waals surface area (Å²) in [6.45, 7) is 6.69. The molecule has 0 saturated carbocycles. The highest BCUT2D eigenvalue weighted by Gasteiger charge is 2.18. The molecule has 17 heavy (non-hydrogen) atoms. The number of allylic oxidation sites excluding steroid dienone is 1. The van der Waals surface area contributed by atoms with Gasteiger partial charge in [-0.1, -0.05) is 28.9 Å². The Labute approximate surface area is 112 Å². The minimum Gasteiger partial charge on any atom is -0.497 e. The smallest absolute Gasteiger partial charge is 0.119 e. The van der Waals surface area contributed by atoms with E-state index in [9.17, 15) is 0 Å². The molecule has 0 aliphatic heterocycles. The number of rotatable bonds is 7. The topological polar surface area (TPSA) is 18.5 Å². The van der Waals surface area contributed by atoms with Gasteiger partial charge in [0.2, 0.25) is 0 Å². The first kappa shape index (κ1) is 14.1. The van der Waals surface area contributed by atoms with Crippen molar-refractivity contribution in [1.29, 1.82) is 0 Å². The fourth-order valence-corrected chi connectivity index (χ4v) is 1.81. The Morgan fingerprint density at radius 2 is 1.88 bits per heavy atom. The van der Waals surface area contributed by atoms with Crippen molar-refractivity contribution < 1.29 is 9.47 Å². The average Bonchev–Trinajstić information content (AvgIpc) is 2.39. The molecule has 0 radical (unpaired) electrons.